The van der Waals surface area contributed by atoms with E-state index in [1.807, 2.05) is 0 Å². The minimum atomic E-state index is -0.988. The zero-order valence-corrected chi connectivity index (χ0v) is 19.4. The Kier molecular flexibility index (Phi) is 17.7. The number of ether oxygens (including phenoxy) is 2. The lowest BCUT2D eigenvalue weighted by Crippen LogP contribution is -2.55. The van der Waals surface area contributed by atoms with Crippen molar-refractivity contribution < 1.29 is 24.8 Å². The minimum Gasteiger partial charge on any atom is -0.394 e. The van der Waals surface area contributed by atoms with E-state index in [-0.39, 0.29) is 13.2 Å². The van der Waals surface area contributed by atoms with Gasteiger partial charge in [0.2, 0.25) is 0 Å². The van der Waals surface area contributed by atoms with E-state index in [2.05, 4.69) is 19.1 Å². The van der Waals surface area contributed by atoms with Crippen LogP contribution in [0.1, 0.15) is 103 Å². The summed E-state index contributed by atoms with van der Waals surface area (Å²) in [7, 11) is 0. The van der Waals surface area contributed by atoms with Gasteiger partial charge in [0.1, 0.15) is 24.4 Å². The molecule has 3 N–H and O–H groups in total. The van der Waals surface area contributed by atoms with E-state index in [4.69, 9.17) is 9.47 Å². The topological polar surface area (TPSA) is 79.2 Å². The minimum absolute atomic E-state index is 0.0444. The molecule has 0 unspecified atom stereocenters. The molecular weight excluding hydrogens is 380 g/mol. The molecule has 0 aromatic heterocycles. The third kappa shape index (κ3) is 13.1. The Hall–Kier alpha value is -0.460. The molecule has 0 aliphatic carbocycles. The van der Waals surface area contributed by atoms with Gasteiger partial charge in [0, 0.05) is 6.61 Å². The fraction of sp³-hybridized carbons (Fsp3) is 0.920. The number of unbranched alkanes of at least 4 members (excludes halogenated alkanes) is 13. The molecule has 0 radical (unpaired) electrons. The first-order chi connectivity index (χ1) is 14.7. The Morgan fingerprint density at radius 1 is 0.800 bits per heavy atom. The second kappa shape index (κ2) is 19.2. The molecular formula is C25H48O5. The number of hydrogen-bond acceptors (Lipinski definition) is 5. The zero-order chi connectivity index (χ0) is 21.9. The van der Waals surface area contributed by atoms with Crippen LogP contribution in [0.4, 0.5) is 0 Å². The van der Waals surface area contributed by atoms with Gasteiger partial charge in [0.25, 0.3) is 0 Å². The van der Waals surface area contributed by atoms with Crippen LogP contribution in [0.3, 0.4) is 0 Å². The molecule has 5 nitrogen and oxygen atoms in total. The van der Waals surface area contributed by atoms with Crippen LogP contribution in [0, 0.1) is 0 Å². The quantitative estimate of drug-likeness (QED) is 0.201. The predicted molar refractivity (Wildman–Crippen MR) is 123 cm³/mol. The molecule has 0 amide bonds. The van der Waals surface area contributed by atoms with Crippen molar-refractivity contribution in [3.63, 3.8) is 0 Å². The molecule has 1 fully saturated rings. The molecule has 0 saturated carbocycles. The molecule has 1 aliphatic heterocycles. The molecule has 0 aromatic carbocycles. The van der Waals surface area contributed by atoms with Crippen LogP contribution in [0.25, 0.3) is 0 Å². The number of rotatable bonds is 19. The second-order valence-corrected chi connectivity index (χ2v) is 8.74. The first-order valence-electron chi connectivity index (χ1n) is 12.6. The summed E-state index contributed by atoms with van der Waals surface area (Å²) < 4.78 is 11.0. The van der Waals surface area contributed by atoms with Gasteiger partial charge in [-0.15, -0.1) is 0 Å². The van der Waals surface area contributed by atoms with Gasteiger partial charge in [-0.1, -0.05) is 89.7 Å². The molecule has 1 heterocycles. The van der Waals surface area contributed by atoms with E-state index < -0.39 is 24.4 Å². The summed E-state index contributed by atoms with van der Waals surface area (Å²) in [5, 5.41) is 29.0. The standard InChI is InChI=1S/C25H48O5/c1-2-3-4-5-6-7-8-9-10-11-12-13-14-15-16-17-18-19-29-25-23(20-26)30-21-22(27)24(25)28/h5-6,22-28H,2-4,7-21H2,1H3/b6-5+/t22-,23+,24+,25+/m1/s1. The van der Waals surface area contributed by atoms with Crippen molar-refractivity contribution in [3.8, 4) is 0 Å². The second-order valence-electron chi connectivity index (χ2n) is 8.74. The number of hydrogen-bond donors (Lipinski definition) is 3. The third-order valence-corrected chi connectivity index (χ3v) is 5.97. The van der Waals surface area contributed by atoms with E-state index in [9.17, 15) is 15.3 Å². The van der Waals surface area contributed by atoms with E-state index in [0.29, 0.717) is 6.61 Å². The third-order valence-electron chi connectivity index (χ3n) is 5.97. The van der Waals surface area contributed by atoms with Crippen LogP contribution in [0.15, 0.2) is 12.2 Å². The van der Waals surface area contributed by atoms with Crippen molar-refractivity contribution in [3.05, 3.63) is 12.2 Å². The van der Waals surface area contributed by atoms with Crippen LogP contribution in [-0.2, 0) is 9.47 Å². The monoisotopic (exact) mass is 428 g/mol. The largest absolute Gasteiger partial charge is 0.394 e. The molecule has 0 bridgehead atoms. The lowest BCUT2D eigenvalue weighted by Gasteiger charge is -2.37. The van der Waals surface area contributed by atoms with Gasteiger partial charge in [-0.3, -0.25) is 0 Å². The molecule has 1 aliphatic rings. The van der Waals surface area contributed by atoms with Crippen molar-refractivity contribution in [1.29, 1.82) is 0 Å². The van der Waals surface area contributed by atoms with Gasteiger partial charge in [-0.05, 0) is 25.7 Å². The summed E-state index contributed by atoms with van der Waals surface area (Å²) in [6, 6.07) is 0. The lowest BCUT2D eigenvalue weighted by molar-refractivity contribution is -0.211. The van der Waals surface area contributed by atoms with Gasteiger partial charge >= 0.3 is 0 Å². The van der Waals surface area contributed by atoms with Crippen molar-refractivity contribution in [1.82, 2.24) is 0 Å². The van der Waals surface area contributed by atoms with Crippen LogP contribution >= 0.6 is 0 Å². The summed E-state index contributed by atoms with van der Waals surface area (Å²) in [6.07, 6.45) is 20.7. The summed E-state index contributed by atoms with van der Waals surface area (Å²) in [6.45, 7) is 2.61. The average molecular weight is 429 g/mol. The van der Waals surface area contributed by atoms with Crippen LogP contribution in [-0.4, -0.2) is 59.6 Å². The Morgan fingerprint density at radius 3 is 1.90 bits per heavy atom. The molecule has 178 valence electrons. The molecule has 0 aromatic rings. The van der Waals surface area contributed by atoms with E-state index in [1.165, 1.54) is 83.5 Å². The molecule has 5 heteroatoms. The van der Waals surface area contributed by atoms with E-state index in [1.54, 1.807) is 0 Å². The van der Waals surface area contributed by atoms with Gasteiger partial charge < -0.3 is 24.8 Å². The highest BCUT2D eigenvalue weighted by Gasteiger charge is 2.39. The Bertz CT molecular complexity index is 399. The number of aliphatic hydroxyl groups excluding tert-OH is 3. The van der Waals surface area contributed by atoms with Crippen LogP contribution in [0.2, 0.25) is 0 Å². The summed E-state index contributed by atoms with van der Waals surface area (Å²) >= 11 is 0. The summed E-state index contributed by atoms with van der Waals surface area (Å²) in [5.74, 6) is 0. The van der Waals surface area contributed by atoms with E-state index >= 15 is 0 Å². The smallest absolute Gasteiger partial charge is 0.114 e. The average Bonchev–Trinajstić information content (AvgIpc) is 2.75. The fourth-order valence-electron chi connectivity index (χ4n) is 3.95. The molecule has 30 heavy (non-hydrogen) atoms. The predicted octanol–water partition coefficient (Wildman–Crippen LogP) is 4.91. The van der Waals surface area contributed by atoms with Gasteiger partial charge in [0.15, 0.2) is 0 Å². The number of aliphatic hydroxyl groups is 3. The van der Waals surface area contributed by atoms with Crippen molar-refractivity contribution in [2.45, 2.75) is 128 Å². The molecule has 1 rings (SSSR count). The van der Waals surface area contributed by atoms with Gasteiger partial charge in [-0.25, -0.2) is 0 Å². The highest BCUT2D eigenvalue weighted by Crippen LogP contribution is 2.19. The molecule has 0 spiro atoms. The van der Waals surface area contributed by atoms with Crippen LogP contribution < -0.4 is 0 Å². The van der Waals surface area contributed by atoms with Crippen molar-refractivity contribution in [2.75, 3.05) is 19.8 Å². The molecule has 4 atom stereocenters. The van der Waals surface area contributed by atoms with Gasteiger partial charge in [0.05, 0.1) is 13.2 Å². The lowest BCUT2D eigenvalue weighted by atomic mass is 10.0. The normalized spacial score (nSPS) is 24.7. The highest BCUT2D eigenvalue weighted by molar-refractivity contribution is 4.87. The van der Waals surface area contributed by atoms with E-state index in [0.717, 1.165) is 12.8 Å². The number of allylic oxidation sites excluding steroid dienone is 2. The Balaban J connectivity index is 1.84. The summed E-state index contributed by atoms with van der Waals surface area (Å²) in [4.78, 5) is 0. The fourth-order valence-corrected chi connectivity index (χ4v) is 3.95. The first kappa shape index (κ1) is 27.6. The van der Waals surface area contributed by atoms with Crippen molar-refractivity contribution in [2.24, 2.45) is 0 Å². The maximum Gasteiger partial charge on any atom is 0.114 e. The first-order valence-corrected chi connectivity index (χ1v) is 12.6. The Morgan fingerprint density at radius 2 is 1.33 bits per heavy atom. The van der Waals surface area contributed by atoms with Crippen LogP contribution in [0.5, 0.6) is 0 Å². The maximum atomic E-state index is 10.0. The summed E-state index contributed by atoms with van der Waals surface area (Å²) in [5.41, 5.74) is 0. The maximum absolute atomic E-state index is 10.0. The Labute approximate surface area is 184 Å². The highest BCUT2D eigenvalue weighted by atomic mass is 16.6. The zero-order valence-electron chi connectivity index (χ0n) is 19.4. The SMILES string of the molecule is CCCC/C=C/CCCCCCCCCCCCCO[C@@H]1[C@@H](O)[C@H](O)CO[C@H]1CO. The van der Waals surface area contributed by atoms with Crippen molar-refractivity contribution >= 4 is 0 Å². The van der Waals surface area contributed by atoms with Gasteiger partial charge in [-0.2, -0.15) is 0 Å². The molecule has 1 saturated heterocycles.